The van der Waals surface area contributed by atoms with Crippen molar-refractivity contribution in [2.45, 2.75) is 0 Å². The predicted octanol–water partition coefficient (Wildman–Crippen LogP) is 4.67. The molecule has 0 amide bonds. The van der Waals surface area contributed by atoms with Crippen molar-refractivity contribution in [1.29, 1.82) is 0 Å². The highest BCUT2D eigenvalue weighted by atomic mass is 14.8. The summed E-state index contributed by atoms with van der Waals surface area (Å²) in [5.41, 5.74) is 19.0. The van der Waals surface area contributed by atoms with Gasteiger partial charge in [-0.2, -0.15) is 0 Å². The van der Waals surface area contributed by atoms with Gasteiger partial charge in [0.05, 0.1) is 17.1 Å². The molecule has 3 aromatic carbocycles. The minimum atomic E-state index is 0.605. The lowest BCUT2D eigenvalue weighted by Crippen LogP contribution is -1.95. The van der Waals surface area contributed by atoms with Crippen LogP contribution >= 0.6 is 0 Å². The fourth-order valence-electron chi connectivity index (χ4n) is 3.05. The zero-order chi connectivity index (χ0) is 15.8. The molecule has 0 atom stereocenters. The van der Waals surface area contributed by atoms with Crippen molar-refractivity contribution >= 4 is 22.3 Å². The highest BCUT2D eigenvalue weighted by Gasteiger charge is 2.17. The van der Waals surface area contributed by atoms with Gasteiger partial charge in [0, 0.05) is 16.5 Å². The standard InChI is InChI=1S/C20H17N3/c21-15-11-12-16-18(19(15)22)17(13-7-3-1-4-8-13)20(23-16)14-9-5-2-6-10-14/h1-12,23H,21-22H2. The number of nitrogens with two attached hydrogens (primary N) is 2. The van der Waals surface area contributed by atoms with E-state index in [0.29, 0.717) is 11.4 Å². The zero-order valence-corrected chi connectivity index (χ0v) is 12.6. The van der Waals surface area contributed by atoms with Gasteiger partial charge in [-0.1, -0.05) is 60.7 Å². The molecule has 0 radical (unpaired) electrons. The van der Waals surface area contributed by atoms with Crippen LogP contribution in [0, 0.1) is 0 Å². The molecular weight excluding hydrogens is 282 g/mol. The number of hydrogen-bond acceptors (Lipinski definition) is 2. The molecule has 0 spiro atoms. The molecule has 0 bridgehead atoms. The zero-order valence-electron chi connectivity index (χ0n) is 12.6. The number of hydrogen-bond donors (Lipinski definition) is 3. The van der Waals surface area contributed by atoms with Gasteiger partial charge in [0.15, 0.2) is 0 Å². The van der Waals surface area contributed by atoms with Crippen molar-refractivity contribution in [3.8, 4) is 22.4 Å². The van der Waals surface area contributed by atoms with Gasteiger partial charge in [-0.05, 0) is 23.3 Å². The number of nitrogen functional groups attached to an aromatic ring is 2. The molecule has 0 saturated carbocycles. The maximum atomic E-state index is 6.30. The van der Waals surface area contributed by atoms with Crippen molar-refractivity contribution in [3.63, 3.8) is 0 Å². The van der Waals surface area contributed by atoms with Gasteiger partial charge < -0.3 is 16.5 Å². The van der Waals surface area contributed by atoms with Gasteiger partial charge in [-0.15, -0.1) is 0 Å². The number of nitrogens with one attached hydrogen (secondary N) is 1. The van der Waals surface area contributed by atoms with Crippen molar-refractivity contribution in [2.75, 3.05) is 11.5 Å². The Morgan fingerprint density at radius 3 is 1.91 bits per heavy atom. The highest BCUT2D eigenvalue weighted by Crippen LogP contribution is 2.42. The molecule has 4 rings (SSSR count). The van der Waals surface area contributed by atoms with Gasteiger partial charge >= 0.3 is 0 Å². The van der Waals surface area contributed by atoms with Crippen LogP contribution in [0.2, 0.25) is 0 Å². The maximum Gasteiger partial charge on any atom is 0.0649 e. The first-order valence-corrected chi connectivity index (χ1v) is 7.56. The Hall–Kier alpha value is -3.20. The van der Waals surface area contributed by atoms with Crippen LogP contribution in [0.3, 0.4) is 0 Å². The molecule has 4 aromatic rings. The third-order valence-corrected chi connectivity index (χ3v) is 4.16. The Bertz CT molecular complexity index is 970. The summed E-state index contributed by atoms with van der Waals surface area (Å²) in [6, 6.07) is 24.4. The second kappa shape index (κ2) is 5.21. The van der Waals surface area contributed by atoms with Gasteiger partial charge in [0.1, 0.15) is 0 Å². The summed E-state index contributed by atoms with van der Waals surface area (Å²) in [5.74, 6) is 0. The number of H-pyrrole nitrogens is 1. The molecule has 112 valence electrons. The van der Waals surface area contributed by atoms with Crippen molar-refractivity contribution < 1.29 is 0 Å². The first kappa shape index (κ1) is 13.5. The topological polar surface area (TPSA) is 67.8 Å². The van der Waals surface area contributed by atoms with E-state index >= 15 is 0 Å². The number of anilines is 2. The molecule has 0 fully saturated rings. The van der Waals surface area contributed by atoms with Crippen molar-refractivity contribution in [1.82, 2.24) is 4.98 Å². The summed E-state index contributed by atoms with van der Waals surface area (Å²) >= 11 is 0. The number of rotatable bonds is 2. The maximum absolute atomic E-state index is 6.30. The first-order valence-electron chi connectivity index (χ1n) is 7.56. The summed E-state index contributed by atoms with van der Waals surface area (Å²) in [6.45, 7) is 0. The molecule has 1 aromatic heterocycles. The quantitative estimate of drug-likeness (QED) is 0.471. The average molecular weight is 299 g/mol. The summed E-state index contributed by atoms with van der Waals surface area (Å²) in [5, 5.41) is 0.982. The number of aromatic nitrogens is 1. The predicted molar refractivity (Wildman–Crippen MR) is 98.0 cm³/mol. The van der Waals surface area contributed by atoms with E-state index in [2.05, 4.69) is 29.2 Å². The van der Waals surface area contributed by atoms with E-state index in [1.54, 1.807) is 0 Å². The lowest BCUT2D eigenvalue weighted by atomic mass is 9.97. The summed E-state index contributed by atoms with van der Waals surface area (Å²) < 4.78 is 0. The fourth-order valence-corrected chi connectivity index (χ4v) is 3.05. The van der Waals surface area contributed by atoms with Gasteiger partial charge in [0.2, 0.25) is 0 Å². The first-order chi connectivity index (χ1) is 11.3. The molecule has 3 heteroatoms. The lowest BCUT2D eigenvalue weighted by molar-refractivity contribution is 1.45. The summed E-state index contributed by atoms with van der Waals surface area (Å²) in [7, 11) is 0. The third kappa shape index (κ3) is 2.14. The fraction of sp³-hybridized carbons (Fsp3) is 0. The van der Waals surface area contributed by atoms with Crippen LogP contribution in [0.4, 0.5) is 11.4 Å². The minimum absolute atomic E-state index is 0.605. The van der Waals surface area contributed by atoms with E-state index < -0.39 is 0 Å². The van der Waals surface area contributed by atoms with E-state index in [1.807, 2.05) is 48.5 Å². The van der Waals surface area contributed by atoms with Gasteiger partial charge in [-0.3, -0.25) is 0 Å². The van der Waals surface area contributed by atoms with Gasteiger partial charge in [0.25, 0.3) is 0 Å². The van der Waals surface area contributed by atoms with Crippen molar-refractivity contribution in [2.24, 2.45) is 0 Å². The van der Waals surface area contributed by atoms with E-state index in [1.165, 1.54) is 0 Å². The molecule has 0 aliphatic rings. The van der Waals surface area contributed by atoms with Crippen LogP contribution in [0.15, 0.2) is 72.8 Å². The van der Waals surface area contributed by atoms with E-state index in [-0.39, 0.29) is 0 Å². The minimum Gasteiger partial charge on any atom is -0.397 e. The van der Waals surface area contributed by atoms with Crippen molar-refractivity contribution in [3.05, 3.63) is 72.8 Å². The second-order valence-corrected chi connectivity index (χ2v) is 5.60. The Balaban J connectivity index is 2.13. The SMILES string of the molecule is Nc1ccc2[nH]c(-c3ccccc3)c(-c3ccccc3)c2c1N. The molecular formula is C20H17N3. The number of aromatic amines is 1. The van der Waals surface area contributed by atoms with E-state index in [4.69, 9.17) is 11.5 Å². The largest absolute Gasteiger partial charge is 0.397 e. The van der Waals surface area contributed by atoms with E-state index in [0.717, 1.165) is 33.3 Å². The molecule has 0 saturated heterocycles. The molecule has 3 nitrogen and oxygen atoms in total. The molecule has 0 unspecified atom stereocenters. The Kier molecular flexibility index (Phi) is 3.05. The molecule has 23 heavy (non-hydrogen) atoms. The number of fused-ring (bicyclic) bond motifs is 1. The van der Waals surface area contributed by atoms with Crippen LogP contribution in [-0.4, -0.2) is 4.98 Å². The number of benzene rings is 3. The summed E-state index contributed by atoms with van der Waals surface area (Å²) in [4.78, 5) is 3.51. The van der Waals surface area contributed by atoms with Crippen LogP contribution in [0.1, 0.15) is 0 Å². The Labute approximate surface area is 134 Å². The molecule has 1 heterocycles. The normalized spacial score (nSPS) is 11.0. The second-order valence-electron chi connectivity index (χ2n) is 5.60. The lowest BCUT2D eigenvalue weighted by Gasteiger charge is -2.08. The third-order valence-electron chi connectivity index (χ3n) is 4.16. The van der Waals surface area contributed by atoms with Crippen LogP contribution in [-0.2, 0) is 0 Å². The molecule has 0 aliphatic carbocycles. The molecule has 5 N–H and O–H groups in total. The smallest absolute Gasteiger partial charge is 0.0649 e. The summed E-state index contributed by atoms with van der Waals surface area (Å²) in [6.07, 6.45) is 0. The monoisotopic (exact) mass is 299 g/mol. The van der Waals surface area contributed by atoms with Crippen LogP contribution < -0.4 is 11.5 Å². The molecule has 0 aliphatic heterocycles. The highest BCUT2D eigenvalue weighted by molar-refractivity contribution is 6.11. The van der Waals surface area contributed by atoms with Crippen LogP contribution in [0.25, 0.3) is 33.3 Å². The van der Waals surface area contributed by atoms with Crippen LogP contribution in [0.5, 0.6) is 0 Å². The van der Waals surface area contributed by atoms with Gasteiger partial charge in [-0.25, -0.2) is 0 Å². The Morgan fingerprint density at radius 2 is 1.26 bits per heavy atom. The Morgan fingerprint density at radius 1 is 0.652 bits per heavy atom. The average Bonchev–Trinajstić information content (AvgIpc) is 3.00. The van der Waals surface area contributed by atoms with E-state index in [9.17, 15) is 0 Å².